The van der Waals surface area contributed by atoms with Crippen LogP contribution in [0.1, 0.15) is 39.4 Å². The molecule has 0 aliphatic carbocycles. The third kappa shape index (κ3) is 6.02. The smallest absolute Gasteiger partial charge is 0.299 e. The number of carbonyl (C=O) groups excluding carboxylic acids is 1. The third-order valence-corrected chi connectivity index (χ3v) is 5.37. The van der Waals surface area contributed by atoms with E-state index in [1.54, 1.807) is 6.20 Å². The quantitative estimate of drug-likeness (QED) is 0.470. The van der Waals surface area contributed by atoms with E-state index in [1.807, 2.05) is 18.2 Å². The predicted molar refractivity (Wildman–Crippen MR) is 104 cm³/mol. The van der Waals surface area contributed by atoms with Gasteiger partial charge >= 0.3 is 6.18 Å². The molecule has 0 atom stereocenters. The maximum atomic E-state index is 12.6. The Kier molecular flexibility index (Phi) is 6.62. The van der Waals surface area contributed by atoms with Gasteiger partial charge in [-0.2, -0.15) is 13.2 Å². The van der Waals surface area contributed by atoms with E-state index in [-0.39, 0.29) is 5.78 Å². The van der Waals surface area contributed by atoms with Crippen molar-refractivity contribution in [2.24, 2.45) is 0 Å². The first kappa shape index (κ1) is 20.3. The summed E-state index contributed by atoms with van der Waals surface area (Å²) in [5, 5.41) is 0.756. The number of hydrogen-bond donors (Lipinski definition) is 0. The van der Waals surface area contributed by atoms with Crippen molar-refractivity contribution < 1.29 is 18.0 Å². The van der Waals surface area contributed by atoms with Crippen LogP contribution in [0.4, 0.5) is 13.2 Å². The second-order valence-corrected chi connectivity index (χ2v) is 7.85. The van der Waals surface area contributed by atoms with E-state index < -0.39 is 11.7 Å². The van der Waals surface area contributed by atoms with E-state index in [9.17, 15) is 18.0 Å². The summed E-state index contributed by atoms with van der Waals surface area (Å²) in [7, 11) is 0. The number of carbonyl (C=O) groups is 1. The van der Waals surface area contributed by atoms with Gasteiger partial charge in [0, 0.05) is 23.9 Å². The van der Waals surface area contributed by atoms with Crippen LogP contribution < -0.4 is 0 Å². The van der Waals surface area contributed by atoms with Crippen molar-refractivity contribution in [3.63, 3.8) is 0 Å². The second-order valence-electron chi connectivity index (χ2n) is 6.65. The number of rotatable bonds is 8. The molecule has 0 aliphatic heterocycles. The Labute approximate surface area is 166 Å². The van der Waals surface area contributed by atoms with Gasteiger partial charge in [0.15, 0.2) is 0 Å². The molecule has 1 aromatic heterocycles. The molecule has 0 fully saturated rings. The highest BCUT2D eigenvalue weighted by molar-refractivity contribution is 7.11. The van der Waals surface area contributed by atoms with Crippen molar-refractivity contribution in [2.75, 3.05) is 0 Å². The lowest BCUT2D eigenvalue weighted by atomic mass is 10.1. The van der Waals surface area contributed by atoms with Gasteiger partial charge in [-0.05, 0) is 36.1 Å². The zero-order valence-corrected chi connectivity index (χ0v) is 16.0. The minimum absolute atomic E-state index is 0.159. The number of hydrogen-bond acceptors (Lipinski definition) is 3. The normalized spacial score (nSPS) is 11.5. The summed E-state index contributed by atoms with van der Waals surface area (Å²) in [6.07, 6.45) is 0.412. The average Bonchev–Trinajstić information content (AvgIpc) is 3.09. The third-order valence-electron chi connectivity index (χ3n) is 4.37. The molecule has 0 bridgehead atoms. The van der Waals surface area contributed by atoms with Gasteiger partial charge in [-0.1, -0.05) is 42.5 Å². The first-order valence-electron chi connectivity index (χ1n) is 9.05. The fourth-order valence-electron chi connectivity index (χ4n) is 2.92. The standard InChI is InChI=1S/C22H20F3NOS/c23-22(24,25)18-11-9-17(10-12-18)13-20-15-26-21(28-20)14-19(27)8-4-7-16-5-2-1-3-6-16/h1-3,5-6,9-12,15H,4,7-8,13-14H2. The fourth-order valence-corrected chi connectivity index (χ4v) is 3.90. The monoisotopic (exact) mass is 403 g/mol. The van der Waals surface area contributed by atoms with E-state index in [1.165, 1.54) is 29.0 Å². The molecule has 2 nitrogen and oxygen atoms in total. The highest BCUT2D eigenvalue weighted by Crippen LogP contribution is 2.29. The summed E-state index contributed by atoms with van der Waals surface area (Å²) < 4.78 is 37.8. The zero-order valence-electron chi connectivity index (χ0n) is 15.2. The summed E-state index contributed by atoms with van der Waals surface area (Å²) in [5.74, 6) is 0.159. The lowest BCUT2D eigenvalue weighted by Crippen LogP contribution is -2.04. The summed E-state index contributed by atoms with van der Waals surface area (Å²) >= 11 is 1.44. The summed E-state index contributed by atoms with van der Waals surface area (Å²) in [5.41, 5.74) is 1.36. The van der Waals surface area contributed by atoms with E-state index >= 15 is 0 Å². The molecule has 0 radical (unpaired) electrons. The van der Waals surface area contributed by atoms with Crippen molar-refractivity contribution in [3.05, 3.63) is 87.4 Å². The van der Waals surface area contributed by atoms with Crippen LogP contribution in [0, 0.1) is 0 Å². The fraction of sp³-hybridized carbons (Fsp3) is 0.273. The van der Waals surface area contributed by atoms with Crippen LogP contribution in [-0.4, -0.2) is 10.8 Å². The van der Waals surface area contributed by atoms with Gasteiger partial charge in [-0.3, -0.25) is 4.79 Å². The van der Waals surface area contributed by atoms with E-state index in [4.69, 9.17) is 0 Å². The van der Waals surface area contributed by atoms with Gasteiger partial charge in [0.1, 0.15) is 10.8 Å². The molecule has 0 spiro atoms. The summed E-state index contributed by atoms with van der Waals surface area (Å²) in [6, 6.07) is 15.2. The largest absolute Gasteiger partial charge is 0.416 e. The van der Waals surface area contributed by atoms with Gasteiger partial charge in [0.25, 0.3) is 0 Å². The molecule has 1 heterocycles. The van der Waals surface area contributed by atoms with Crippen LogP contribution in [0.15, 0.2) is 60.8 Å². The predicted octanol–water partition coefficient (Wildman–Crippen LogP) is 5.89. The van der Waals surface area contributed by atoms with Crippen LogP contribution in [0.5, 0.6) is 0 Å². The molecule has 3 aromatic rings. The molecular weight excluding hydrogens is 383 g/mol. The molecule has 0 saturated carbocycles. The summed E-state index contributed by atoms with van der Waals surface area (Å²) in [4.78, 5) is 17.4. The second kappa shape index (κ2) is 9.15. The Morgan fingerprint density at radius 3 is 2.36 bits per heavy atom. The maximum absolute atomic E-state index is 12.6. The molecule has 0 aliphatic rings. The number of alkyl halides is 3. The van der Waals surface area contributed by atoms with Crippen molar-refractivity contribution in [3.8, 4) is 0 Å². The van der Waals surface area contributed by atoms with Crippen LogP contribution in [0.3, 0.4) is 0 Å². The highest BCUT2D eigenvalue weighted by atomic mass is 32.1. The van der Waals surface area contributed by atoms with E-state index in [2.05, 4.69) is 17.1 Å². The molecular formula is C22H20F3NOS. The number of nitrogens with zero attached hydrogens (tertiary/aromatic N) is 1. The lowest BCUT2D eigenvalue weighted by Gasteiger charge is -2.06. The Bertz CT molecular complexity index is 902. The van der Waals surface area contributed by atoms with E-state index in [0.29, 0.717) is 19.3 Å². The molecule has 0 unspecified atom stereocenters. The first-order chi connectivity index (χ1) is 13.4. The SMILES string of the molecule is O=C(CCCc1ccccc1)Cc1ncc(Cc2ccc(C(F)(F)F)cc2)s1. The van der Waals surface area contributed by atoms with Crippen molar-refractivity contribution in [1.29, 1.82) is 0 Å². The lowest BCUT2D eigenvalue weighted by molar-refractivity contribution is -0.137. The van der Waals surface area contributed by atoms with Crippen LogP contribution in [0.2, 0.25) is 0 Å². The van der Waals surface area contributed by atoms with Crippen LogP contribution >= 0.6 is 11.3 Å². The molecule has 0 amide bonds. The highest BCUT2D eigenvalue weighted by Gasteiger charge is 2.29. The number of aromatic nitrogens is 1. The van der Waals surface area contributed by atoms with Gasteiger partial charge < -0.3 is 0 Å². The maximum Gasteiger partial charge on any atom is 0.416 e. The number of aryl methyl sites for hydroxylation is 1. The number of ketones is 1. The topological polar surface area (TPSA) is 30.0 Å². The van der Waals surface area contributed by atoms with Crippen molar-refractivity contribution in [2.45, 2.75) is 38.3 Å². The van der Waals surface area contributed by atoms with Gasteiger partial charge in [0.05, 0.1) is 12.0 Å². The Balaban J connectivity index is 1.47. The van der Waals surface area contributed by atoms with Crippen molar-refractivity contribution >= 4 is 17.1 Å². The minimum atomic E-state index is -4.32. The number of Topliss-reactive ketones (excluding diaryl/α,β-unsaturated/α-hetero) is 1. The molecule has 6 heteroatoms. The number of benzene rings is 2. The average molecular weight is 403 g/mol. The molecule has 0 saturated heterocycles. The van der Waals surface area contributed by atoms with Gasteiger partial charge in [-0.25, -0.2) is 4.98 Å². The number of thiazole rings is 1. The molecule has 146 valence electrons. The first-order valence-corrected chi connectivity index (χ1v) is 9.87. The Morgan fingerprint density at radius 1 is 0.964 bits per heavy atom. The molecule has 0 N–H and O–H groups in total. The molecule has 28 heavy (non-hydrogen) atoms. The number of halogens is 3. The van der Waals surface area contributed by atoms with Gasteiger partial charge in [-0.15, -0.1) is 11.3 Å². The van der Waals surface area contributed by atoms with Gasteiger partial charge in [0.2, 0.25) is 0 Å². The van der Waals surface area contributed by atoms with E-state index in [0.717, 1.165) is 40.4 Å². The molecule has 3 rings (SSSR count). The van der Waals surface area contributed by atoms with Crippen molar-refractivity contribution in [1.82, 2.24) is 4.98 Å². The van der Waals surface area contributed by atoms with Crippen LogP contribution in [-0.2, 0) is 30.2 Å². The Hall–Kier alpha value is -2.47. The Morgan fingerprint density at radius 2 is 1.68 bits per heavy atom. The summed E-state index contributed by atoms with van der Waals surface area (Å²) in [6.45, 7) is 0. The zero-order chi connectivity index (χ0) is 20.0. The molecule has 2 aromatic carbocycles. The van der Waals surface area contributed by atoms with Crippen LogP contribution in [0.25, 0.3) is 0 Å². The minimum Gasteiger partial charge on any atom is -0.299 e.